The van der Waals surface area contributed by atoms with Crippen molar-refractivity contribution in [3.63, 3.8) is 0 Å². The Morgan fingerprint density at radius 1 is 1.17 bits per heavy atom. The maximum absolute atomic E-state index is 12.3. The molecule has 1 amide bonds. The molecule has 0 aliphatic carbocycles. The molecule has 3 nitrogen and oxygen atoms in total. The third-order valence-corrected chi connectivity index (χ3v) is 4.72. The molecule has 3 aromatic rings. The van der Waals surface area contributed by atoms with E-state index in [1.807, 2.05) is 17.5 Å². The van der Waals surface area contributed by atoms with Gasteiger partial charge < -0.3 is 0 Å². The molecule has 0 aliphatic heterocycles. The smallest absolute Gasteiger partial charge is 0.257 e. The van der Waals surface area contributed by atoms with Gasteiger partial charge in [0.15, 0.2) is 5.13 Å². The minimum atomic E-state index is -0.159. The van der Waals surface area contributed by atoms with Gasteiger partial charge in [-0.05, 0) is 37.6 Å². The number of nitrogens with zero attached hydrogens (tertiary/aromatic N) is 1. The van der Waals surface area contributed by atoms with Gasteiger partial charge >= 0.3 is 0 Å². The number of hydrogen-bond donors (Lipinski definition) is 1. The van der Waals surface area contributed by atoms with E-state index in [9.17, 15) is 4.79 Å². The monoisotopic (exact) mass is 386 g/mol. The molecule has 0 atom stereocenters. The number of benzene rings is 2. The molecule has 0 unspecified atom stereocenters. The second kappa shape index (κ2) is 6.64. The van der Waals surface area contributed by atoms with Gasteiger partial charge in [0.05, 0.1) is 5.69 Å². The van der Waals surface area contributed by atoms with Crippen molar-refractivity contribution < 1.29 is 4.79 Å². The van der Waals surface area contributed by atoms with Crippen molar-refractivity contribution in [2.24, 2.45) is 0 Å². The molecule has 0 saturated carbocycles. The van der Waals surface area contributed by atoms with E-state index >= 15 is 0 Å². The quantitative estimate of drug-likeness (QED) is 0.650. The third kappa shape index (κ3) is 3.68. The lowest BCUT2D eigenvalue weighted by molar-refractivity contribution is 0.102. The Balaban J connectivity index is 1.81. The largest absolute Gasteiger partial charge is 0.298 e. The molecule has 23 heavy (non-hydrogen) atoms. The van der Waals surface area contributed by atoms with Crippen molar-refractivity contribution >= 4 is 38.3 Å². The number of carbonyl (C=O) groups excluding carboxylic acids is 1. The van der Waals surface area contributed by atoms with Crippen molar-refractivity contribution in [2.75, 3.05) is 5.32 Å². The Bertz CT molecular complexity index is 873. The second-order valence-electron chi connectivity index (χ2n) is 5.32. The van der Waals surface area contributed by atoms with E-state index in [4.69, 9.17) is 0 Å². The Hall–Kier alpha value is -1.98. The number of hydrogen-bond acceptors (Lipinski definition) is 3. The van der Waals surface area contributed by atoms with Gasteiger partial charge in [0, 0.05) is 21.0 Å². The van der Waals surface area contributed by atoms with Crippen molar-refractivity contribution in [1.29, 1.82) is 0 Å². The van der Waals surface area contributed by atoms with Crippen LogP contribution >= 0.6 is 27.3 Å². The highest BCUT2D eigenvalue weighted by Gasteiger charge is 2.11. The molecule has 1 heterocycles. The summed E-state index contributed by atoms with van der Waals surface area (Å²) in [7, 11) is 0. The van der Waals surface area contributed by atoms with E-state index in [1.165, 1.54) is 22.5 Å². The fourth-order valence-corrected chi connectivity index (χ4v) is 3.46. The van der Waals surface area contributed by atoms with Gasteiger partial charge in [-0.25, -0.2) is 4.98 Å². The molecule has 2 aromatic carbocycles. The molecule has 1 N–H and O–H groups in total. The van der Waals surface area contributed by atoms with Gasteiger partial charge in [0.1, 0.15) is 0 Å². The molecule has 0 spiro atoms. The maximum Gasteiger partial charge on any atom is 0.257 e. The van der Waals surface area contributed by atoms with Crippen LogP contribution in [0.1, 0.15) is 21.5 Å². The molecule has 0 bridgehead atoms. The van der Waals surface area contributed by atoms with E-state index in [0.717, 1.165) is 15.7 Å². The van der Waals surface area contributed by atoms with Crippen LogP contribution in [-0.2, 0) is 0 Å². The van der Waals surface area contributed by atoms with Gasteiger partial charge in [-0.1, -0.05) is 45.8 Å². The van der Waals surface area contributed by atoms with Gasteiger partial charge in [-0.3, -0.25) is 10.1 Å². The SMILES string of the molecule is Cc1ccc(-c2csc(NC(=O)c3cccc(Br)c3)n2)c(C)c1. The van der Waals surface area contributed by atoms with Gasteiger partial charge in [-0.2, -0.15) is 0 Å². The lowest BCUT2D eigenvalue weighted by atomic mass is 10.0. The number of nitrogens with one attached hydrogen (secondary N) is 1. The van der Waals surface area contributed by atoms with Crippen LogP contribution in [0, 0.1) is 13.8 Å². The summed E-state index contributed by atoms with van der Waals surface area (Å²) in [4.78, 5) is 16.8. The fraction of sp³-hybridized carbons (Fsp3) is 0.111. The summed E-state index contributed by atoms with van der Waals surface area (Å²) >= 11 is 4.80. The van der Waals surface area contributed by atoms with Crippen LogP contribution in [0.2, 0.25) is 0 Å². The summed E-state index contributed by atoms with van der Waals surface area (Å²) in [5, 5.41) is 5.42. The van der Waals surface area contributed by atoms with Crippen molar-refractivity contribution in [1.82, 2.24) is 4.98 Å². The fourth-order valence-electron chi connectivity index (χ4n) is 2.35. The highest BCUT2D eigenvalue weighted by molar-refractivity contribution is 9.10. The lowest BCUT2D eigenvalue weighted by Crippen LogP contribution is -2.11. The van der Waals surface area contributed by atoms with Gasteiger partial charge in [0.25, 0.3) is 5.91 Å². The van der Waals surface area contributed by atoms with Crippen LogP contribution in [0.4, 0.5) is 5.13 Å². The van der Waals surface area contributed by atoms with Crippen molar-refractivity contribution in [2.45, 2.75) is 13.8 Å². The van der Waals surface area contributed by atoms with Crippen LogP contribution in [0.25, 0.3) is 11.3 Å². The third-order valence-electron chi connectivity index (χ3n) is 3.47. The normalized spacial score (nSPS) is 10.6. The van der Waals surface area contributed by atoms with Crippen LogP contribution in [-0.4, -0.2) is 10.9 Å². The van der Waals surface area contributed by atoms with Crippen LogP contribution < -0.4 is 5.32 Å². The number of aromatic nitrogens is 1. The first-order chi connectivity index (χ1) is 11.0. The first kappa shape index (κ1) is 15.9. The molecule has 0 radical (unpaired) electrons. The lowest BCUT2D eigenvalue weighted by Gasteiger charge is -2.04. The van der Waals surface area contributed by atoms with E-state index in [-0.39, 0.29) is 5.91 Å². The topological polar surface area (TPSA) is 42.0 Å². The number of amides is 1. The van der Waals surface area contributed by atoms with E-state index in [1.54, 1.807) is 12.1 Å². The molecule has 3 rings (SSSR count). The average molecular weight is 387 g/mol. The second-order valence-corrected chi connectivity index (χ2v) is 7.09. The van der Waals surface area contributed by atoms with Gasteiger partial charge in [-0.15, -0.1) is 11.3 Å². The zero-order valence-electron chi connectivity index (χ0n) is 12.8. The first-order valence-electron chi connectivity index (χ1n) is 7.13. The summed E-state index contributed by atoms with van der Waals surface area (Å²) < 4.78 is 0.875. The predicted molar refractivity (Wildman–Crippen MR) is 99.1 cm³/mol. The molecular weight excluding hydrogens is 372 g/mol. The molecular formula is C18H15BrN2OS. The van der Waals surface area contributed by atoms with Crippen molar-refractivity contribution in [3.05, 3.63) is 69.0 Å². The zero-order valence-corrected chi connectivity index (χ0v) is 15.2. The average Bonchev–Trinajstić information content (AvgIpc) is 2.95. The summed E-state index contributed by atoms with van der Waals surface area (Å²) in [5.74, 6) is -0.159. The number of aryl methyl sites for hydroxylation is 2. The zero-order chi connectivity index (χ0) is 16.4. The molecule has 116 valence electrons. The Morgan fingerprint density at radius 3 is 2.74 bits per heavy atom. The van der Waals surface area contributed by atoms with Crippen LogP contribution in [0.5, 0.6) is 0 Å². The van der Waals surface area contributed by atoms with Crippen molar-refractivity contribution in [3.8, 4) is 11.3 Å². The Labute approximate surface area is 147 Å². The van der Waals surface area contributed by atoms with Gasteiger partial charge in [0.2, 0.25) is 0 Å². The summed E-state index contributed by atoms with van der Waals surface area (Å²) in [5.41, 5.74) is 4.99. The molecule has 0 fully saturated rings. The standard InChI is InChI=1S/C18H15BrN2OS/c1-11-6-7-15(12(2)8-11)16-10-23-18(20-16)21-17(22)13-4-3-5-14(19)9-13/h3-10H,1-2H3,(H,20,21,22). The molecule has 0 aliphatic rings. The van der Waals surface area contributed by atoms with E-state index < -0.39 is 0 Å². The number of halogens is 1. The summed E-state index contributed by atoms with van der Waals surface area (Å²) in [6, 6.07) is 13.6. The maximum atomic E-state index is 12.3. The highest BCUT2D eigenvalue weighted by atomic mass is 79.9. The summed E-state index contributed by atoms with van der Waals surface area (Å²) in [6.07, 6.45) is 0. The highest BCUT2D eigenvalue weighted by Crippen LogP contribution is 2.28. The number of carbonyl (C=O) groups is 1. The number of anilines is 1. The van der Waals surface area contributed by atoms with E-state index in [2.05, 4.69) is 58.3 Å². The Morgan fingerprint density at radius 2 is 2.00 bits per heavy atom. The Kier molecular flexibility index (Phi) is 4.59. The first-order valence-corrected chi connectivity index (χ1v) is 8.80. The predicted octanol–water partition coefficient (Wildman–Crippen LogP) is 5.44. The van der Waals surface area contributed by atoms with Crippen LogP contribution in [0.3, 0.4) is 0 Å². The van der Waals surface area contributed by atoms with E-state index in [0.29, 0.717) is 10.7 Å². The minimum Gasteiger partial charge on any atom is -0.298 e. The molecule has 1 aromatic heterocycles. The minimum absolute atomic E-state index is 0.159. The molecule has 5 heteroatoms. The molecule has 0 saturated heterocycles. The number of rotatable bonds is 3. The summed E-state index contributed by atoms with van der Waals surface area (Å²) in [6.45, 7) is 4.14. The van der Waals surface area contributed by atoms with Crippen LogP contribution in [0.15, 0.2) is 52.3 Å². The number of thiazole rings is 1.